The molecule has 5 heteroatoms. The number of hydrogen-bond donors (Lipinski definition) is 3. The Labute approximate surface area is 124 Å². The van der Waals surface area contributed by atoms with Crippen molar-refractivity contribution in [1.29, 1.82) is 0 Å². The van der Waals surface area contributed by atoms with E-state index in [1.165, 1.54) is 0 Å². The lowest BCUT2D eigenvalue weighted by Crippen LogP contribution is -2.44. The summed E-state index contributed by atoms with van der Waals surface area (Å²) in [6.45, 7) is 5.54. The lowest BCUT2D eigenvalue weighted by molar-refractivity contribution is -0.122. The third kappa shape index (κ3) is 4.93. The fourth-order valence-corrected chi connectivity index (χ4v) is 1.76. The van der Waals surface area contributed by atoms with Gasteiger partial charge in [0.05, 0.1) is 5.56 Å². The van der Waals surface area contributed by atoms with Crippen LogP contribution in [0.3, 0.4) is 0 Å². The van der Waals surface area contributed by atoms with Crippen LogP contribution < -0.4 is 10.6 Å². The van der Waals surface area contributed by atoms with Gasteiger partial charge < -0.3 is 15.7 Å². The maximum atomic E-state index is 12.3. The maximum absolute atomic E-state index is 12.3. The van der Waals surface area contributed by atoms with Gasteiger partial charge in [0.1, 0.15) is 12.6 Å². The Bertz CT molecular complexity index is 585. The molecule has 0 spiro atoms. The minimum atomic E-state index is -0.628. The van der Waals surface area contributed by atoms with Gasteiger partial charge in [-0.2, -0.15) is 0 Å². The molecule has 0 aliphatic rings. The number of nitrogens with one attached hydrogen (secondary N) is 2. The topological polar surface area (TPSA) is 78.4 Å². The quantitative estimate of drug-likeness (QED) is 0.710. The van der Waals surface area contributed by atoms with Crippen LogP contribution in [0.2, 0.25) is 0 Å². The molecular weight excluding hydrogens is 268 g/mol. The van der Waals surface area contributed by atoms with Crippen LogP contribution in [0.4, 0.5) is 0 Å². The van der Waals surface area contributed by atoms with Crippen LogP contribution in [0, 0.1) is 18.8 Å². The number of likely N-dealkylation sites (N-methyl/N-ethyl adjacent to an activating group) is 1. The predicted octanol–water partition coefficient (Wildman–Crippen LogP) is 0.593. The number of benzene rings is 1. The normalized spacial score (nSPS) is 11.0. The molecule has 0 saturated carbocycles. The minimum Gasteiger partial charge on any atom is -0.384 e. The largest absolute Gasteiger partial charge is 0.384 e. The van der Waals surface area contributed by atoms with E-state index in [0.29, 0.717) is 17.7 Å². The number of carbonyl (C=O) groups is 2. The molecule has 2 amide bonds. The first-order valence-corrected chi connectivity index (χ1v) is 6.78. The molecular formula is C16H20N2O3. The van der Waals surface area contributed by atoms with E-state index in [2.05, 4.69) is 22.5 Å². The molecule has 0 saturated heterocycles. The standard InChI is InChI=1S/C16H20N2O3/c1-4-17-15(20)12(3)18-16(21)14-10-11(2)7-8-13(14)6-5-9-19/h7-8,10,12,19H,4,9H2,1-3H3,(H,17,20)(H,18,21). The summed E-state index contributed by atoms with van der Waals surface area (Å²) in [6.07, 6.45) is 0. The highest BCUT2D eigenvalue weighted by Gasteiger charge is 2.17. The number of aliphatic hydroxyl groups excluding tert-OH is 1. The first-order valence-electron chi connectivity index (χ1n) is 6.78. The third-order valence-electron chi connectivity index (χ3n) is 2.81. The Morgan fingerprint density at radius 3 is 2.71 bits per heavy atom. The highest BCUT2D eigenvalue weighted by molar-refractivity contribution is 5.99. The molecule has 3 N–H and O–H groups in total. The number of aliphatic hydroxyl groups is 1. The Kier molecular flexibility index (Phi) is 6.44. The monoisotopic (exact) mass is 288 g/mol. The van der Waals surface area contributed by atoms with Crippen LogP contribution >= 0.6 is 0 Å². The van der Waals surface area contributed by atoms with Crippen LogP contribution in [0.25, 0.3) is 0 Å². The van der Waals surface area contributed by atoms with Gasteiger partial charge >= 0.3 is 0 Å². The summed E-state index contributed by atoms with van der Waals surface area (Å²) >= 11 is 0. The smallest absolute Gasteiger partial charge is 0.253 e. The molecule has 0 aromatic heterocycles. The summed E-state index contributed by atoms with van der Waals surface area (Å²) in [5.74, 6) is 4.66. The van der Waals surface area contributed by atoms with E-state index in [0.717, 1.165) is 5.56 Å². The van der Waals surface area contributed by atoms with Crippen molar-refractivity contribution in [2.75, 3.05) is 13.2 Å². The number of rotatable bonds is 4. The fourth-order valence-electron chi connectivity index (χ4n) is 1.76. The highest BCUT2D eigenvalue weighted by Crippen LogP contribution is 2.11. The Morgan fingerprint density at radius 1 is 1.38 bits per heavy atom. The van der Waals surface area contributed by atoms with E-state index in [1.54, 1.807) is 19.1 Å². The lowest BCUT2D eigenvalue weighted by atomic mass is 10.0. The van der Waals surface area contributed by atoms with Gasteiger partial charge in [-0.25, -0.2) is 0 Å². The Morgan fingerprint density at radius 2 is 2.10 bits per heavy atom. The van der Waals surface area contributed by atoms with E-state index in [-0.39, 0.29) is 18.4 Å². The molecule has 5 nitrogen and oxygen atoms in total. The van der Waals surface area contributed by atoms with E-state index in [9.17, 15) is 9.59 Å². The Balaban J connectivity index is 2.96. The van der Waals surface area contributed by atoms with Crippen molar-refractivity contribution in [2.45, 2.75) is 26.8 Å². The van der Waals surface area contributed by atoms with Gasteiger partial charge in [0.25, 0.3) is 5.91 Å². The van der Waals surface area contributed by atoms with E-state index < -0.39 is 6.04 Å². The maximum Gasteiger partial charge on any atom is 0.253 e. The molecule has 0 heterocycles. The second-order valence-electron chi connectivity index (χ2n) is 4.60. The van der Waals surface area contributed by atoms with Crippen molar-refractivity contribution in [3.05, 3.63) is 34.9 Å². The number of hydrogen-bond acceptors (Lipinski definition) is 3. The zero-order chi connectivity index (χ0) is 15.8. The van der Waals surface area contributed by atoms with Crippen molar-refractivity contribution < 1.29 is 14.7 Å². The van der Waals surface area contributed by atoms with Gasteiger partial charge in [-0.3, -0.25) is 9.59 Å². The molecule has 1 aromatic carbocycles. The molecule has 112 valence electrons. The molecule has 1 rings (SSSR count). The van der Waals surface area contributed by atoms with Crippen LogP contribution in [0.1, 0.15) is 35.3 Å². The second kappa shape index (κ2) is 8.08. The average Bonchev–Trinajstić information content (AvgIpc) is 2.46. The van der Waals surface area contributed by atoms with Gasteiger partial charge in [0.2, 0.25) is 5.91 Å². The average molecular weight is 288 g/mol. The predicted molar refractivity (Wildman–Crippen MR) is 80.8 cm³/mol. The zero-order valence-corrected chi connectivity index (χ0v) is 12.5. The van der Waals surface area contributed by atoms with Crippen LogP contribution in [0.15, 0.2) is 18.2 Å². The van der Waals surface area contributed by atoms with E-state index in [1.807, 2.05) is 19.9 Å². The molecule has 1 atom stereocenters. The molecule has 1 aromatic rings. The molecule has 1 unspecified atom stereocenters. The van der Waals surface area contributed by atoms with Crippen molar-refractivity contribution in [3.63, 3.8) is 0 Å². The second-order valence-corrected chi connectivity index (χ2v) is 4.60. The van der Waals surface area contributed by atoms with Crippen molar-refractivity contribution in [2.24, 2.45) is 0 Å². The summed E-state index contributed by atoms with van der Waals surface area (Å²) in [7, 11) is 0. The van der Waals surface area contributed by atoms with Crippen LogP contribution in [-0.4, -0.2) is 36.1 Å². The third-order valence-corrected chi connectivity index (χ3v) is 2.81. The molecule has 21 heavy (non-hydrogen) atoms. The van der Waals surface area contributed by atoms with Crippen LogP contribution in [0.5, 0.6) is 0 Å². The lowest BCUT2D eigenvalue weighted by Gasteiger charge is -2.14. The highest BCUT2D eigenvalue weighted by atomic mass is 16.2. The van der Waals surface area contributed by atoms with Crippen molar-refractivity contribution >= 4 is 11.8 Å². The van der Waals surface area contributed by atoms with Crippen molar-refractivity contribution in [1.82, 2.24) is 10.6 Å². The fraction of sp³-hybridized carbons (Fsp3) is 0.375. The van der Waals surface area contributed by atoms with E-state index in [4.69, 9.17) is 5.11 Å². The van der Waals surface area contributed by atoms with Gasteiger partial charge in [0.15, 0.2) is 0 Å². The molecule has 0 aliphatic heterocycles. The summed E-state index contributed by atoms with van der Waals surface area (Å²) in [5.41, 5.74) is 1.84. The van der Waals surface area contributed by atoms with Gasteiger partial charge in [-0.1, -0.05) is 23.5 Å². The van der Waals surface area contributed by atoms with Crippen molar-refractivity contribution in [3.8, 4) is 11.8 Å². The minimum absolute atomic E-state index is 0.235. The molecule has 0 aliphatic carbocycles. The number of amides is 2. The summed E-state index contributed by atoms with van der Waals surface area (Å²) in [4.78, 5) is 23.9. The van der Waals surface area contributed by atoms with Gasteiger partial charge in [-0.05, 0) is 32.9 Å². The first kappa shape index (κ1) is 16.7. The zero-order valence-electron chi connectivity index (χ0n) is 12.5. The van der Waals surface area contributed by atoms with Crippen LogP contribution in [-0.2, 0) is 4.79 Å². The van der Waals surface area contributed by atoms with Gasteiger partial charge in [0, 0.05) is 12.1 Å². The van der Waals surface area contributed by atoms with E-state index >= 15 is 0 Å². The first-order chi connectivity index (χ1) is 9.99. The number of aryl methyl sites for hydroxylation is 1. The Hall–Kier alpha value is -2.32. The molecule has 0 bridgehead atoms. The summed E-state index contributed by atoms with van der Waals surface area (Å²) in [6, 6.07) is 4.65. The molecule has 0 fully saturated rings. The molecule has 0 radical (unpaired) electrons. The number of carbonyl (C=O) groups excluding carboxylic acids is 2. The SMILES string of the molecule is CCNC(=O)C(C)NC(=O)c1cc(C)ccc1C#CCO. The van der Waals surface area contributed by atoms with Gasteiger partial charge in [-0.15, -0.1) is 0 Å². The summed E-state index contributed by atoms with van der Waals surface area (Å²) < 4.78 is 0. The summed E-state index contributed by atoms with van der Waals surface area (Å²) in [5, 5.41) is 14.1.